The molecule has 2 aromatic carbocycles. The highest BCUT2D eigenvalue weighted by Gasteiger charge is 2.36. The van der Waals surface area contributed by atoms with Crippen LogP contribution in [-0.4, -0.2) is 52.0 Å². The maximum Gasteiger partial charge on any atom is 0.246 e. The van der Waals surface area contributed by atoms with E-state index in [4.69, 9.17) is 9.47 Å². The Balaban J connectivity index is 1.48. The number of nitrogens with zero attached hydrogens (tertiary/aromatic N) is 2. The summed E-state index contributed by atoms with van der Waals surface area (Å²) in [5.74, 6) is 0.880. The summed E-state index contributed by atoms with van der Waals surface area (Å²) >= 11 is 0. The van der Waals surface area contributed by atoms with Gasteiger partial charge in [-0.1, -0.05) is 18.2 Å². The molecule has 1 amide bonds. The van der Waals surface area contributed by atoms with Crippen LogP contribution in [-0.2, 0) is 14.8 Å². The van der Waals surface area contributed by atoms with Gasteiger partial charge in [-0.3, -0.25) is 4.79 Å². The van der Waals surface area contributed by atoms with Gasteiger partial charge in [0.1, 0.15) is 23.0 Å². The monoisotopic (exact) mass is 430 g/mol. The van der Waals surface area contributed by atoms with Crippen molar-refractivity contribution in [2.75, 3.05) is 38.3 Å². The maximum absolute atomic E-state index is 13.2. The molecule has 2 aliphatic heterocycles. The second-order valence-electron chi connectivity index (χ2n) is 7.64. The number of hydrogen-bond acceptors (Lipinski definition) is 5. The fourth-order valence-electron chi connectivity index (χ4n) is 4.09. The minimum Gasteiger partial charge on any atom is -0.495 e. The van der Waals surface area contributed by atoms with Gasteiger partial charge >= 0.3 is 0 Å². The van der Waals surface area contributed by atoms with E-state index in [1.807, 2.05) is 37.3 Å². The van der Waals surface area contributed by atoms with Crippen LogP contribution in [0.4, 0.5) is 5.69 Å². The standard InChI is InChI=1S/C22H26N2O5S/c1-16-7-8-20(28-2)21(15-16)30(26,27)23-11-9-17(10-12-23)22(25)24-13-14-29-19-6-4-3-5-18(19)24/h3-8,15,17H,9-14H2,1-2H3. The summed E-state index contributed by atoms with van der Waals surface area (Å²) in [6.07, 6.45) is 0.984. The average molecular weight is 431 g/mol. The number of sulfonamides is 1. The summed E-state index contributed by atoms with van der Waals surface area (Å²) in [6.45, 7) is 3.44. The molecule has 4 rings (SSSR count). The van der Waals surface area contributed by atoms with Crippen molar-refractivity contribution in [1.82, 2.24) is 4.31 Å². The van der Waals surface area contributed by atoms with Crippen LogP contribution in [0.5, 0.6) is 11.5 Å². The molecule has 160 valence electrons. The fourth-order valence-corrected chi connectivity index (χ4v) is 5.80. The Labute approximate surface area is 177 Å². The van der Waals surface area contributed by atoms with Crippen LogP contribution in [0.25, 0.3) is 0 Å². The van der Waals surface area contributed by atoms with E-state index in [-0.39, 0.29) is 16.7 Å². The van der Waals surface area contributed by atoms with Gasteiger partial charge in [0.05, 0.1) is 19.3 Å². The smallest absolute Gasteiger partial charge is 0.246 e. The van der Waals surface area contributed by atoms with E-state index in [2.05, 4.69) is 0 Å². The molecule has 1 saturated heterocycles. The zero-order chi connectivity index (χ0) is 21.3. The largest absolute Gasteiger partial charge is 0.495 e. The molecular formula is C22H26N2O5S. The van der Waals surface area contributed by atoms with Crippen LogP contribution in [0.3, 0.4) is 0 Å². The second-order valence-corrected chi connectivity index (χ2v) is 9.55. The Kier molecular flexibility index (Phi) is 5.71. The number of hydrogen-bond donors (Lipinski definition) is 0. The lowest BCUT2D eigenvalue weighted by Gasteiger charge is -2.35. The molecular weight excluding hydrogens is 404 g/mol. The molecule has 2 aromatic rings. The predicted octanol–water partition coefficient (Wildman–Crippen LogP) is 2.83. The van der Waals surface area contributed by atoms with E-state index in [1.165, 1.54) is 11.4 Å². The predicted molar refractivity (Wildman–Crippen MR) is 114 cm³/mol. The fraction of sp³-hybridized carbons (Fsp3) is 0.409. The van der Waals surface area contributed by atoms with Crippen molar-refractivity contribution in [3.63, 3.8) is 0 Å². The lowest BCUT2D eigenvalue weighted by atomic mass is 9.96. The first-order valence-corrected chi connectivity index (χ1v) is 11.5. The number of benzene rings is 2. The number of carbonyl (C=O) groups excluding carboxylic acids is 1. The Morgan fingerprint density at radius 3 is 2.57 bits per heavy atom. The molecule has 8 heteroatoms. The van der Waals surface area contributed by atoms with Gasteiger partial charge < -0.3 is 14.4 Å². The molecule has 1 fully saturated rings. The van der Waals surface area contributed by atoms with Crippen molar-refractivity contribution in [3.8, 4) is 11.5 Å². The topological polar surface area (TPSA) is 76.2 Å². The van der Waals surface area contributed by atoms with Crippen LogP contribution in [0.1, 0.15) is 18.4 Å². The third-order valence-electron chi connectivity index (χ3n) is 5.73. The van der Waals surface area contributed by atoms with Gasteiger partial charge in [-0.2, -0.15) is 4.31 Å². The number of carbonyl (C=O) groups is 1. The number of rotatable bonds is 4. The average Bonchev–Trinajstić information content (AvgIpc) is 2.78. The highest BCUT2D eigenvalue weighted by atomic mass is 32.2. The van der Waals surface area contributed by atoms with Crippen molar-refractivity contribution >= 4 is 21.6 Å². The molecule has 0 unspecified atom stereocenters. The number of amides is 1. The van der Waals surface area contributed by atoms with Crippen LogP contribution in [0.15, 0.2) is 47.4 Å². The van der Waals surface area contributed by atoms with Gasteiger partial charge in [-0.15, -0.1) is 0 Å². The number of aryl methyl sites for hydroxylation is 1. The van der Waals surface area contributed by atoms with Crippen LogP contribution < -0.4 is 14.4 Å². The first kappa shape index (κ1) is 20.7. The molecule has 2 aliphatic rings. The van der Waals surface area contributed by atoms with Crippen LogP contribution in [0, 0.1) is 12.8 Å². The summed E-state index contributed by atoms with van der Waals surface area (Å²) in [7, 11) is -2.22. The molecule has 0 N–H and O–H groups in total. The molecule has 7 nitrogen and oxygen atoms in total. The molecule has 0 atom stereocenters. The summed E-state index contributed by atoms with van der Waals surface area (Å²) in [5, 5.41) is 0. The SMILES string of the molecule is COc1ccc(C)cc1S(=O)(=O)N1CCC(C(=O)N2CCOc3ccccc32)CC1. The first-order chi connectivity index (χ1) is 14.4. The maximum atomic E-state index is 13.2. The van der Waals surface area contributed by atoms with Crippen molar-refractivity contribution < 1.29 is 22.7 Å². The summed E-state index contributed by atoms with van der Waals surface area (Å²) < 4.78 is 38.8. The third-order valence-corrected chi connectivity index (χ3v) is 7.65. The molecule has 0 aliphatic carbocycles. The molecule has 0 bridgehead atoms. The van der Waals surface area contributed by atoms with Crippen molar-refractivity contribution in [2.45, 2.75) is 24.7 Å². The van der Waals surface area contributed by atoms with Crippen LogP contribution in [0.2, 0.25) is 0 Å². The van der Waals surface area contributed by atoms with Gasteiger partial charge in [0.25, 0.3) is 0 Å². The zero-order valence-electron chi connectivity index (χ0n) is 17.2. The van der Waals surface area contributed by atoms with Crippen LogP contribution >= 0.6 is 0 Å². The van der Waals surface area contributed by atoms with E-state index >= 15 is 0 Å². The summed E-state index contributed by atoms with van der Waals surface area (Å²) in [4.78, 5) is 15.1. The molecule has 0 aromatic heterocycles. The molecule has 0 spiro atoms. The number of fused-ring (bicyclic) bond motifs is 1. The Morgan fingerprint density at radius 1 is 1.10 bits per heavy atom. The first-order valence-electron chi connectivity index (χ1n) is 10.1. The second kappa shape index (κ2) is 8.28. The minimum atomic E-state index is -3.69. The number of ether oxygens (including phenoxy) is 2. The zero-order valence-corrected chi connectivity index (χ0v) is 18.0. The highest BCUT2D eigenvalue weighted by molar-refractivity contribution is 7.89. The number of piperidine rings is 1. The molecule has 0 saturated carbocycles. The van der Waals surface area contributed by atoms with E-state index in [0.29, 0.717) is 50.6 Å². The summed E-state index contributed by atoms with van der Waals surface area (Å²) in [6, 6.07) is 12.6. The molecule has 30 heavy (non-hydrogen) atoms. The molecule has 0 radical (unpaired) electrons. The van der Waals surface area contributed by atoms with Gasteiger partial charge in [0.15, 0.2) is 0 Å². The lowest BCUT2D eigenvalue weighted by molar-refractivity contribution is -0.123. The quantitative estimate of drug-likeness (QED) is 0.746. The highest BCUT2D eigenvalue weighted by Crippen LogP contribution is 2.35. The van der Waals surface area contributed by atoms with E-state index < -0.39 is 10.0 Å². The lowest BCUT2D eigenvalue weighted by Crippen LogP contribution is -2.46. The van der Waals surface area contributed by atoms with E-state index in [9.17, 15) is 13.2 Å². The summed E-state index contributed by atoms with van der Waals surface area (Å²) in [5.41, 5.74) is 1.64. The van der Waals surface area contributed by atoms with Gasteiger partial charge in [-0.05, 0) is 49.6 Å². The van der Waals surface area contributed by atoms with Gasteiger partial charge in [-0.25, -0.2) is 8.42 Å². The Hall–Kier alpha value is -2.58. The Morgan fingerprint density at radius 2 is 1.83 bits per heavy atom. The van der Waals surface area contributed by atoms with Crippen molar-refractivity contribution in [1.29, 1.82) is 0 Å². The van der Waals surface area contributed by atoms with Gasteiger partial charge in [0, 0.05) is 19.0 Å². The number of methoxy groups -OCH3 is 1. The number of para-hydroxylation sites is 2. The van der Waals surface area contributed by atoms with Crippen molar-refractivity contribution in [2.24, 2.45) is 5.92 Å². The number of anilines is 1. The van der Waals surface area contributed by atoms with Gasteiger partial charge in [0.2, 0.25) is 15.9 Å². The third kappa shape index (κ3) is 3.77. The van der Waals surface area contributed by atoms with E-state index in [0.717, 1.165) is 11.3 Å². The van der Waals surface area contributed by atoms with Crippen molar-refractivity contribution in [3.05, 3.63) is 48.0 Å². The van der Waals surface area contributed by atoms with E-state index in [1.54, 1.807) is 17.0 Å². The minimum absolute atomic E-state index is 0.0379. The normalized spacial score (nSPS) is 17.9. The Bertz CT molecular complexity index is 1050. The molecule has 2 heterocycles.